The zero-order valence-corrected chi connectivity index (χ0v) is 12.1. The Morgan fingerprint density at radius 2 is 2.33 bits per heavy atom. The number of hydrogen-bond donors (Lipinski definition) is 2. The number of nitrogens with zero attached hydrogens (tertiary/aromatic N) is 1. The van der Waals surface area contributed by atoms with E-state index in [2.05, 4.69) is 34.1 Å². The van der Waals surface area contributed by atoms with E-state index in [1.165, 1.54) is 4.88 Å². The first kappa shape index (κ1) is 13.7. The van der Waals surface area contributed by atoms with Crippen molar-refractivity contribution in [1.29, 1.82) is 0 Å². The monoisotopic (exact) mass is 282 g/mol. The molecule has 0 radical (unpaired) electrons. The molecule has 0 saturated carbocycles. The van der Waals surface area contributed by atoms with Gasteiger partial charge in [-0.2, -0.15) is 0 Å². The van der Waals surface area contributed by atoms with Gasteiger partial charge in [-0.1, -0.05) is 19.4 Å². The lowest BCUT2D eigenvalue weighted by Crippen LogP contribution is -2.26. The van der Waals surface area contributed by atoms with Gasteiger partial charge in [0.1, 0.15) is 5.01 Å². The molecular weight excluding hydrogens is 264 g/mol. The van der Waals surface area contributed by atoms with Crippen molar-refractivity contribution in [3.05, 3.63) is 28.6 Å². The van der Waals surface area contributed by atoms with Crippen molar-refractivity contribution in [2.24, 2.45) is 0 Å². The maximum Gasteiger partial charge on any atom is 0.133 e. The van der Waals surface area contributed by atoms with Crippen LogP contribution < -0.4 is 5.32 Å². The first-order chi connectivity index (χ1) is 8.79. The number of rotatable bonds is 7. The summed E-state index contributed by atoms with van der Waals surface area (Å²) in [6.07, 6.45) is 1.62. The smallest absolute Gasteiger partial charge is 0.133 e. The van der Waals surface area contributed by atoms with Crippen molar-refractivity contribution < 1.29 is 5.11 Å². The van der Waals surface area contributed by atoms with Crippen LogP contribution in [0.2, 0.25) is 0 Å². The molecule has 0 amide bonds. The molecule has 0 bridgehead atoms. The predicted octanol–water partition coefficient (Wildman–Crippen LogP) is 3.12. The lowest BCUT2D eigenvalue weighted by atomic mass is 10.2. The van der Waals surface area contributed by atoms with Gasteiger partial charge in [-0.3, -0.25) is 0 Å². The van der Waals surface area contributed by atoms with E-state index in [1.54, 1.807) is 22.7 Å². The Bertz CT molecular complexity index is 453. The fourth-order valence-corrected chi connectivity index (χ4v) is 3.34. The van der Waals surface area contributed by atoms with Crippen LogP contribution >= 0.6 is 22.7 Å². The first-order valence-electron chi connectivity index (χ1n) is 6.16. The summed E-state index contributed by atoms with van der Waals surface area (Å²) >= 11 is 3.39. The van der Waals surface area contributed by atoms with Crippen LogP contribution in [-0.4, -0.2) is 22.7 Å². The van der Waals surface area contributed by atoms with E-state index >= 15 is 0 Å². The van der Waals surface area contributed by atoms with Crippen molar-refractivity contribution in [3.63, 3.8) is 0 Å². The van der Waals surface area contributed by atoms with E-state index in [4.69, 9.17) is 0 Å². The minimum atomic E-state index is -0.245. The number of thiazole rings is 1. The number of nitrogens with one attached hydrogen (secondary N) is 1. The molecule has 0 aliphatic heterocycles. The summed E-state index contributed by atoms with van der Waals surface area (Å²) < 4.78 is 0. The van der Waals surface area contributed by atoms with Crippen molar-refractivity contribution in [3.8, 4) is 9.88 Å². The average Bonchev–Trinajstić information content (AvgIpc) is 2.99. The average molecular weight is 282 g/mol. The zero-order valence-electron chi connectivity index (χ0n) is 10.4. The second kappa shape index (κ2) is 6.99. The molecule has 2 rings (SSSR count). The van der Waals surface area contributed by atoms with Gasteiger partial charge in [0.15, 0.2) is 0 Å². The molecule has 2 aromatic rings. The molecule has 0 aromatic carbocycles. The SMILES string of the molecule is CCCC(O)CNCc1csc(-c2cccs2)n1. The third-order valence-corrected chi connectivity index (χ3v) is 4.52. The Morgan fingerprint density at radius 3 is 3.06 bits per heavy atom. The van der Waals surface area contributed by atoms with Crippen LogP contribution in [0.4, 0.5) is 0 Å². The molecule has 18 heavy (non-hydrogen) atoms. The van der Waals surface area contributed by atoms with Crippen LogP contribution in [-0.2, 0) is 6.54 Å². The van der Waals surface area contributed by atoms with Gasteiger partial charge in [-0.25, -0.2) is 4.98 Å². The molecule has 2 N–H and O–H groups in total. The van der Waals surface area contributed by atoms with Gasteiger partial charge < -0.3 is 10.4 Å². The molecule has 1 atom stereocenters. The molecule has 0 spiro atoms. The standard InChI is InChI=1S/C13H18N2OS2/c1-2-4-11(16)8-14-7-10-9-18-13(15-10)12-5-3-6-17-12/h3,5-6,9,11,14,16H,2,4,7-8H2,1H3. The van der Waals surface area contributed by atoms with E-state index in [0.717, 1.165) is 30.1 Å². The summed E-state index contributed by atoms with van der Waals surface area (Å²) in [5.74, 6) is 0. The van der Waals surface area contributed by atoms with Gasteiger partial charge in [0.05, 0.1) is 16.7 Å². The molecule has 0 fully saturated rings. The Hall–Kier alpha value is -0.750. The van der Waals surface area contributed by atoms with Gasteiger partial charge in [0.2, 0.25) is 0 Å². The third kappa shape index (κ3) is 3.88. The van der Waals surface area contributed by atoms with Crippen LogP contribution in [0.1, 0.15) is 25.5 Å². The molecule has 0 saturated heterocycles. The van der Waals surface area contributed by atoms with Crippen LogP contribution in [0, 0.1) is 0 Å². The number of aliphatic hydroxyl groups excluding tert-OH is 1. The normalized spacial score (nSPS) is 12.8. The fourth-order valence-electron chi connectivity index (χ4n) is 1.70. The zero-order chi connectivity index (χ0) is 12.8. The van der Waals surface area contributed by atoms with E-state index < -0.39 is 0 Å². The first-order valence-corrected chi connectivity index (χ1v) is 7.92. The minimum Gasteiger partial charge on any atom is -0.392 e. The molecule has 0 aliphatic carbocycles. The fraction of sp³-hybridized carbons (Fsp3) is 0.462. The van der Waals surface area contributed by atoms with E-state index in [-0.39, 0.29) is 6.10 Å². The van der Waals surface area contributed by atoms with Crippen molar-refractivity contribution in [1.82, 2.24) is 10.3 Å². The largest absolute Gasteiger partial charge is 0.392 e. The molecule has 0 aliphatic rings. The highest BCUT2D eigenvalue weighted by atomic mass is 32.1. The van der Waals surface area contributed by atoms with Crippen molar-refractivity contribution in [2.45, 2.75) is 32.4 Å². The highest BCUT2D eigenvalue weighted by Crippen LogP contribution is 2.27. The Balaban J connectivity index is 1.81. The van der Waals surface area contributed by atoms with Crippen LogP contribution in [0.15, 0.2) is 22.9 Å². The summed E-state index contributed by atoms with van der Waals surface area (Å²) in [5.41, 5.74) is 1.05. The number of hydrogen-bond acceptors (Lipinski definition) is 5. The summed E-state index contributed by atoms with van der Waals surface area (Å²) in [6.45, 7) is 3.44. The maximum absolute atomic E-state index is 9.60. The highest BCUT2D eigenvalue weighted by molar-refractivity contribution is 7.20. The third-order valence-electron chi connectivity index (χ3n) is 2.59. The molecular formula is C13H18N2OS2. The summed E-state index contributed by atoms with van der Waals surface area (Å²) in [7, 11) is 0. The van der Waals surface area contributed by atoms with E-state index in [9.17, 15) is 5.11 Å². The molecule has 5 heteroatoms. The van der Waals surface area contributed by atoms with Gasteiger partial charge in [0.25, 0.3) is 0 Å². The Kier molecular flexibility index (Phi) is 5.31. The molecule has 2 aromatic heterocycles. The van der Waals surface area contributed by atoms with Crippen LogP contribution in [0.5, 0.6) is 0 Å². The summed E-state index contributed by atoms with van der Waals surface area (Å²) in [6, 6.07) is 4.13. The molecule has 98 valence electrons. The number of thiophene rings is 1. The van der Waals surface area contributed by atoms with Crippen LogP contribution in [0.25, 0.3) is 9.88 Å². The second-order valence-corrected chi connectivity index (χ2v) is 6.00. The van der Waals surface area contributed by atoms with E-state index in [0.29, 0.717) is 6.54 Å². The maximum atomic E-state index is 9.60. The lowest BCUT2D eigenvalue weighted by Gasteiger charge is -2.09. The highest BCUT2D eigenvalue weighted by Gasteiger charge is 2.06. The quantitative estimate of drug-likeness (QED) is 0.820. The van der Waals surface area contributed by atoms with E-state index in [1.807, 2.05) is 6.07 Å². The van der Waals surface area contributed by atoms with Crippen molar-refractivity contribution >= 4 is 22.7 Å². The second-order valence-electron chi connectivity index (χ2n) is 4.19. The van der Waals surface area contributed by atoms with Gasteiger partial charge >= 0.3 is 0 Å². The van der Waals surface area contributed by atoms with Crippen LogP contribution in [0.3, 0.4) is 0 Å². The van der Waals surface area contributed by atoms with Crippen molar-refractivity contribution in [2.75, 3.05) is 6.54 Å². The molecule has 3 nitrogen and oxygen atoms in total. The Morgan fingerprint density at radius 1 is 1.44 bits per heavy atom. The predicted molar refractivity (Wildman–Crippen MR) is 78.0 cm³/mol. The topological polar surface area (TPSA) is 45.1 Å². The lowest BCUT2D eigenvalue weighted by molar-refractivity contribution is 0.160. The summed E-state index contributed by atoms with van der Waals surface area (Å²) in [4.78, 5) is 5.80. The minimum absolute atomic E-state index is 0.245. The summed E-state index contributed by atoms with van der Waals surface area (Å²) in [5, 5.41) is 18.1. The Labute approximate surface area is 116 Å². The van der Waals surface area contributed by atoms with Gasteiger partial charge in [0, 0.05) is 18.5 Å². The van der Waals surface area contributed by atoms with Gasteiger partial charge in [-0.05, 0) is 17.9 Å². The molecule has 1 unspecified atom stereocenters. The van der Waals surface area contributed by atoms with Gasteiger partial charge in [-0.15, -0.1) is 22.7 Å². The molecule has 2 heterocycles. The number of aromatic nitrogens is 1. The number of aliphatic hydroxyl groups is 1.